The number of nitrogens with zero attached hydrogens (tertiary/aromatic N) is 4. The summed E-state index contributed by atoms with van der Waals surface area (Å²) in [5, 5.41) is 0. The van der Waals surface area contributed by atoms with Crippen LogP contribution in [0.3, 0.4) is 0 Å². The largest absolute Gasteiger partial charge is 0.466 e. The van der Waals surface area contributed by atoms with E-state index in [1.165, 1.54) is 0 Å². The number of hydrogen-bond donors (Lipinski definition) is 0. The van der Waals surface area contributed by atoms with Crippen LogP contribution in [0.15, 0.2) is 0 Å². The van der Waals surface area contributed by atoms with E-state index >= 15 is 0 Å². The molecule has 4 atom stereocenters. The number of anilines is 2. The number of alkyl halides is 2. The Kier molecular flexibility index (Phi) is 4.10. The van der Waals surface area contributed by atoms with Crippen LogP contribution >= 0.6 is 0 Å². The quantitative estimate of drug-likeness (QED) is 0.701. The van der Waals surface area contributed by atoms with Crippen molar-refractivity contribution in [3.8, 4) is 0 Å². The van der Waals surface area contributed by atoms with E-state index < -0.39 is 5.92 Å². The topological polar surface area (TPSA) is 58.6 Å². The van der Waals surface area contributed by atoms with Crippen LogP contribution in [-0.2, 0) is 21.9 Å². The Bertz CT molecular complexity index is 863. The second-order valence-electron chi connectivity index (χ2n) is 9.32. The van der Waals surface area contributed by atoms with Gasteiger partial charge in [0.1, 0.15) is 11.5 Å². The van der Waals surface area contributed by atoms with E-state index in [9.17, 15) is 13.6 Å². The van der Waals surface area contributed by atoms with Gasteiger partial charge in [0.25, 0.3) is 5.92 Å². The molecule has 5 rings (SSSR count). The summed E-state index contributed by atoms with van der Waals surface area (Å²) < 4.78 is 34.2. The molecule has 1 saturated carbocycles. The number of halogens is 2. The summed E-state index contributed by atoms with van der Waals surface area (Å²) in [6, 6.07) is 0.286. The van der Waals surface area contributed by atoms with Crippen molar-refractivity contribution >= 4 is 17.7 Å². The fraction of sp³-hybridized carbons (Fsp3) is 0.762. The van der Waals surface area contributed by atoms with Crippen molar-refractivity contribution in [1.29, 1.82) is 0 Å². The molecule has 0 spiro atoms. The van der Waals surface area contributed by atoms with Crippen LogP contribution < -0.4 is 9.80 Å². The van der Waals surface area contributed by atoms with Crippen molar-refractivity contribution in [2.75, 3.05) is 36.0 Å². The zero-order chi connectivity index (χ0) is 20.6. The minimum atomic E-state index is -2.88. The highest BCUT2D eigenvalue weighted by Crippen LogP contribution is 2.65. The van der Waals surface area contributed by atoms with Gasteiger partial charge in [-0.3, -0.25) is 4.79 Å². The summed E-state index contributed by atoms with van der Waals surface area (Å²) >= 11 is 0. The molecule has 0 amide bonds. The second kappa shape index (κ2) is 6.25. The normalized spacial score (nSPS) is 33.9. The number of aromatic nitrogens is 2. The Morgan fingerprint density at radius 3 is 2.72 bits per heavy atom. The van der Waals surface area contributed by atoms with Crippen LogP contribution in [0.25, 0.3) is 0 Å². The monoisotopic (exact) mass is 406 g/mol. The zero-order valence-electron chi connectivity index (χ0n) is 17.3. The first-order valence-corrected chi connectivity index (χ1v) is 10.7. The molecule has 29 heavy (non-hydrogen) atoms. The molecule has 0 N–H and O–H groups in total. The molecule has 3 fully saturated rings. The SMILES string of the molecule is CCOC(=O)C[C@@H]1[C@H]2CN(c3nc(N4CC[C@H]4C)nc4c3CCC4(F)F)C[C@@]12C. The first-order valence-electron chi connectivity index (χ1n) is 10.7. The maximum absolute atomic E-state index is 14.5. The Balaban J connectivity index is 1.41. The Labute approximate surface area is 169 Å². The van der Waals surface area contributed by atoms with Crippen LogP contribution in [0.4, 0.5) is 20.5 Å². The van der Waals surface area contributed by atoms with Gasteiger partial charge in [-0.25, -0.2) is 4.98 Å². The molecular formula is C21H28F2N4O2. The predicted octanol–water partition coefficient (Wildman–Crippen LogP) is 3.14. The smallest absolute Gasteiger partial charge is 0.306 e. The highest BCUT2D eigenvalue weighted by molar-refractivity contribution is 5.71. The number of carbonyl (C=O) groups is 1. The van der Waals surface area contributed by atoms with Crippen LogP contribution in [0, 0.1) is 17.3 Å². The Morgan fingerprint density at radius 2 is 2.14 bits per heavy atom. The average Bonchev–Trinajstić information content (AvgIpc) is 2.94. The maximum Gasteiger partial charge on any atom is 0.306 e. The third kappa shape index (κ3) is 2.81. The molecule has 0 unspecified atom stereocenters. The van der Waals surface area contributed by atoms with Gasteiger partial charge in [-0.15, -0.1) is 0 Å². The van der Waals surface area contributed by atoms with Gasteiger partial charge in [-0.2, -0.15) is 13.8 Å². The van der Waals surface area contributed by atoms with Crippen molar-refractivity contribution in [1.82, 2.24) is 9.97 Å². The minimum absolute atomic E-state index is 0.0237. The molecule has 1 aromatic heterocycles. The molecular weight excluding hydrogens is 378 g/mol. The molecule has 6 nitrogen and oxygen atoms in total. The molecule has 3 heterocycles. The van der Waals surface area contributed by atoms with Crippen LogP contribution in [0.1, 0.15) is 51.3 Å². The van der Waals surface area contributed by atoms with E-state index in [4.69, 9.17) is 9.72 Å². The van der Waals surface area contributed by atoms with Gasteiger partial charge in [0.05, 0.1) is 6.61 Å². The number of ether oxygens (including phenoxy) is 1. The fourth-order valence-electron chi connectivity index (χ4n) is 5.58. The fourth-order valence-corrected chi connectivity index (χ4v) is 5.58. The lowest BCUT2D eigenvalue weighted by Crippen LogP contribution is -2.47. The van der Waals surface area contributed by atoms with Gasteiger partial charge in [0, 0.05) is 44.1 Å². The van der Waals surface area contributed by atoms with Crippen molar-refractivity contribution in [3.63, 3.8) is 0 Å². The third-order valence-corrected chi connectivity index (χ3v) is 7.60. The number of fused-ring (bicyclic) bond motifs is 2. The number of piperidine rings is 1. The predicted molar refractivity (Wildman–Crippen MR) is 104 cm³/mol. The van der Waals surface area contributed by atoms with Gasteiger partial charge in [-0.05, 0) is 43.9 Å². The van der Waals surface area contributed by atoms with E-state index in [2.05, 4.69) is 23.7 Å². The van der Waals surface area contributed by atoms with Crippen molar-refractivity contribution in [2.24, 2.45) is 17.3 Å². The molecule has 2 aliphatic heterocycles. The summed E-state index contributed by atoms with van der Waals surface area (Å²) in [7, 11) is 0. The third-order valence-electron chi connectivity index (χ3n) is 7.60. The first-order chi connectivity index (χ1) is 13.7. The molecule has 0 aromatic carbocycles. The number of rotatable bonds is 5. The van der Waals surface area contributed by atoms with E-state index in [0.29, 0.717) is 48.6 Å². The number of carbonyl (C=O) groups excluding carboxylic acids is 1. The van der Waals surface area contributed by atoms with E-state index in [1.807, 2.05) is 11.8 Å². The molecule has 2 aliphatic carbocycles. The van der Waals surface area contributed by atoms with Crippen molar-refractivity contribution in [2.45, 2.75) is 58.4 Å². The van der Waals surface area contributed by atoms with E-state index in [1.54, 1.807) is 0 Å². The van der Waals surface area contributed by atoms with Gasteiger partial charge in [-0.1, -0.05) is 6.92 Å². The van der Waals surface area contributed by atoms with Gasteiger partial charge < -0.3 is 14.5 Å². The van der Waals surface area contributed by atoms with E-state index in [0.717, 1.165) is 26.1 Å². The second-order valence-corrected chi connectivity index (χ2v) is 9.32. The van der Waals surface area contributed by atoms with Crippen molar-refractivity contribution < 1.29 is 18.3 Å². The molecule has 8 heteroatoms. The molecule has 158 valence electrons. The lowest BCUT2D eigenvalue weighted by atomic mass is 10.0. The Morgan fingerprint density at radius 1 is 1.34 bits per heavy atom. The summed E-state index contributed by atoms with van der Waals surface area (Å²) in [4.78, 5) is 25.1. The summed E-state index contributed by atoms with van der Waals surface area (Å²) in [5.74, 6) is -1.21. The summed E-state index contributed by atoms with van der Waals surface area (Å²) in [6.07, 6.45) is 1.60. The average molecular weight is 406 g/mol. The Hall–Kier alpha value is -1.99. The van der Waals surface area contributed by atoms with Crippen molar-refractivity contribution in [3.05, 3.63) is 11.3 Å². The summed E-state index contributed by atoms with van der Waals surface area (Å²) in [5.41, 5.74) is 0.555. The first kappa shape index (κ1) is 19.0. The minimum Gasteiger partial charge on any atom is -0.466 e. The molecule has 2 saturated heterocycles. The van der Waals surface area contributed by atoms with E-state index in [-0.39, 0.29) is 29.5 Å². The summed E-state index contributed by atoms with van der Waals surface area (Å²) in [6.45, 7) is 8.79. The zero-order valence-corrected chi connectivity index (χ0v) is 17.3. The van der Waals surface area contributed by atoms with Crippen LogP contribution in [0.2, 0.25) is 0 Å². The van der Waals surface area contributed by atoms with Gasteiger partial charge in [0.15, 0.2) is 0 Å². The molecule has 0 bridgehead atoms. The molecule has 1 aromatic rings. The number of esters is 1. The standard InChI is InChI=1S/C21H28F2N4O2/c1-4-29-16(28)9-14-15-10-26(11-20(14,15)3)18-13-5-7-21(22,23)17(13)24-19(25-18)27-8-6-12(27)2/h12,14-15H,4-11H2,1-3H3/t12-,14-,15-,20+/m1/s1. The van der Waals surface area contributed by atoms with Crippen LogP contribution in [-0.4, -0.2) is 48.2 Å². The highest BCUT2D eigenvalue weighted by Gasteiger charge is 2.66. The molecule has 4 aliphatic rings. The lowest BCUT2D eigenvalue weighted by molar-refractivity contribution is -0.143. The maximum atomic E-state index is 14.5. The van der Waals surface area contributed by atoms with Crippen LogP contribution in [0.5, 0.6) is 0 Å². The van der Waals surface area contributed by atoms with Gasteiger partial charge >= 0.3 is 5.97 Å². The molecule has 0 radical (unpaired) electrons. The highest BCUT2D eigenvalue weighted by atomic mass is 19.3. The number of hydrogen-bond acceptors (Lipinski definition) is 6. The van der Waals surface area contributed by atoms with Gasteiger partial charge in [0.2, 0.25) is 5.95 Å². The lowest BCUT2D eigenvalue weighted by Gasteiger charge is -2.39.